The summed E-state index contributed by atoms with van der Waals surface area (Å²) in [6, 6.07) is 9.95. The molecular formula is C18H22N4O3. The van der Waals surface area contributed by atoms with Gasteiger partial charge in [0, 0.05) is 29.3 Å². The van der Waals surface area contributed by atoms with E-state index in [0.717, 1.165) is 11.1 Å². The number of anilines is 4. The molecule has 3 amide bonds. The van der Waals surface area contributed by atoms with E-state index in [1.165, 1.54) is 4.90 Å². The molecule has 2 aromatic carbocycles. The maximum atomic E-state index is 12.3. The van der Waals surface area contributed by atoms with Crippen LogP contribution in [0.4, 0.5) is 32.3 Å². The second kappa shape index (κ2) is 7.57. The molecule has 132 valence electrons. The number of hydrogen-bond donors (Lipinski definition) is 4. The zero-order chi connectivity index (χ0) is 18.6. The van der Waals surface area contributed by atoms with E-state index in [1.54, 1.807) is 37.3 Å². The molecule has 7 heteroatoms. The Bertz CT molecular complexity index is 805. The average molecular weight is 342 g/mol. The molecule has 0 saturated carbocycles. The molecule has 0 fully saturated rings. The number of carbonyl (C=O) groups excluding carboxylic acids is 1. The Hall–Kier alpha value is -3.22. The highest BCUT2D eigenvalue weighted by Gasteiger charge is 2.14. The van der Waals surface area contributed by atoms with E-state index >= 15 is 0 Å². The van der Waals surface area contributed by atoms with Crippen molar-refractivity contribution in [3.8, 4) is 0 Å². The third-order valence-corrected chi connectivity index (χ3v) is 3.84. The second-order valence-electron chi connectivity index (χ2n) is 5.68. The molecule has 25 heavy (non-hydrogen) atoms. The first-order valence-corrected chi connectivity index (χ1v) is 7.87. The van der Waals surface area contributed by atoms with Crippen LogP contribution in [-0.4, -0.2) is 23.8 Å². The monoisotopic (exact) mass is 342 g/mol. The molecule has 2 rings (SSSR count). The van der Waals surface area contributed by atoms with Gasteiger partial charge >= 0.3 is 12.1 Å². The van der Waals surface area contributed by atoms with E-state index in [4.69, 9.17) is 5.73 Å². The summed E-state index contributed by atoms with van der Waals surface area (Å²) in [5, 5.41) is 14.7. The van der Waals surface area contributed by atoms with Gasteiger partial charge in [0.15, 0.2) is 0 Å². The first kappa shape index (κ1) is 18.1. The lowest BCUT2D eigenvalue weighted by molar-refractivity contribution is 0.202. The third kappa shape index (κ3) is 4.41. The molecule has 0 aliphatic heterocycles. The van der Waals surface area contributed by atoms with Gasteiger partial charge in [-0.1, -0.05) is 12.1 Å². The van der Waals surface area contributed by atoms with Crippen molar-refractivity contribution in [2.24, 2.45) is 0 Å². The molecule has 0 atom stereocenters. The van der Waals surface area contributed by atoms with E-state index in [9.17, 15) is 14.7 Å². The van der Waals surface area contributed by atoms with Crippen LogP contribution in [0.15, 0.2) is 36.4 Å². The van der Waals surface area contributed by atoms with Gasteiger partial charge in [0.1, 0.15) is 0 Å². The van der Waals surface area contributed by atoms with E-state index in [0.29, 0.717) is 29.3 Å². The van der Waals surface area contributed by atoms with Crippen LogP contribution in [0.2, 0.25) is 0 Å². The minimum absolute atomic E-state index is 0.312. The second-order valence-corrected chi connectivity index (χ2v) is 5.68. The molecular weight excluding hydrogens is 320 g/mol. The smallest absolute Gasteiger partial charge is 0.411 e. The number of hydrogen-bond acceptors (Lipinski definition) is 3. The molecule has 0 aromatic heterocycles. The number of aryl methyl sites for hydroxylation is 2. The number of nitrogens with one attached hydrogen (secondary N) is 2. The molecule has 0 heterocycles. The van der Waals surface area contributed by atoms with Crippen LogP contribution in [0.25, 0.3) is 0 Å². The molecule has 5 N–H and O–H groups in total. The molecule has 7 nitrogen and oxygen atoms in total. The number of rotatable bonds is 4. The van der Waals surface area contributed by atoms with Gasteiger partial charge in [-0.2, -0.15) is 0 Å². The van der Waals surface area contributed by atoms with Crippen molar-refractivity contribution in [2.45, 2.75) is 20.8 Å². The van der Waals surface area contributed by atoms with E-state index in [2.05, 4.69) is 10.6 Å². The fourth-order valence-electron chi connectivity index (χ4n) is 2.39. The maximum absolute atomic E-state index is 12.3. The van der Waals surface area contributed by atoms with Crippen molar-refractivity contribution in [1.29, 1.82) is 0 Å². The number of amides is 3. The molecule has 0 spiro atoms. The number of nitrogen functional groups attached to an aromatic ring is 1. The zero-order valence-corrected chi connectivity index (χ0v) is 14.5. The Balaban J connectivity index is 2.20. The first-order chi connectivity index (χ1) is 11.8. The Morgan fingerprint density at radius 3 is 2.16 bits per heavy atom. The number of benzene rings is 2. The third-order valence-electron chi connectivity index (χ3n) is 3.84. The van der Waals surface area contributed by atoms with Crippen LogP contribution in [0.1, 0.15) is 18.1 Å². The van der Waals surface area contributed by atoms with Crippen LogP contribution in [-0.2, 0) is 0 Å². The lowest BCUT2D eigenvalue weighted by atomic mass is 10.1. The lowest BCUT2D eigenvalue weighted by Crippen LogP contribution is -2.29. The number of nitrogens with two attached hydrogens (primary N) is 1. The van der Waals surface area contributed by atoms with Gasteiger partial charge in [-0.05, 0) is 56.2 Å². The average Bonchev–Trinajstić information content (AvgIpc) is 2.54. The molecule has 0 aliphatic carbocycles. The van der Waals surface area contributed by atoms with Crippen LogP contribution >= 0.6 is 0 Å². The lowest BCUT2D eigenvalue weighted by Gasteiger charge is -2.19. The van der Waals surface area contributed by atoms with Gasteiger partial charge in [-0.25, -0.2) is 9.59 Å². The molecule has 0 radical (unpaired) electrons. The van der Waals surface area contributed by atoms with Gasteiger partial charge < -0.3 is 21.5 Å². The van der Waals surface area contributed by atoms with Crippen LogP contribution in [0, 0.1) is 13.8 Å². The minimum Gasteiger partial charge on any atom is -0.465 e. The number of urea groups is 1. The predicted octanol–water partition coefficient (Wildman–Crippen LogP) is 4.03. The zero-order valence-electron chi connectivity index (χ0n) is 14.5. The van der Waals surface area contributed by atoms with E-state index in [1.807, 2.05) is 19.9 Å². The summed E-state index contributed by atoms with van der Waals surface area (Å²) in [5.41, 5.74) is 9.66. The van der Waals surface area contributed by atoms with Crippen LogP contribution in [0.5, 0.6) is 0 Å². The maximum Gasteiger partial charge on any atom is 0.411 e. The summed E-state index contributed by atoms with van der Waals surface area (Å²) < 4.78 is 0. The van der Waals surface area contributed by atoms with Gasteiger partial charge in [0.05, 0.1) is 0 Å². The topological polar surface area (TPSA) is 108 Å². The predicted molar refractivity (Wildman–Crippen MR) is 100 cm³/mol. The largest absolute Gasteiger partial charge is 0.465 e. The normalized spacial score (nSPS) is 10.2. The summed E-state index contributed by atoms with van der Waals surface area (Å²) in [5.74, 6) is 0. The van der Waals surface area contributed by atoms with Crippen molar-refractivity contribution < 1.29 is 14.7 Å². The standard InChI is InChI=1S/C18H22N4O3/c1-4-22(18(24)25)14-8-6-12(3)16(10-14)21-17(23)20-15-9-13(19)7-5-11(15)2/h5-10H,4,19H2,1-3H3,(H,24,25)(H2,20,21,23). The molecule has 2 aromatic rings. The molecule has 0 bridgehead atoms. The highest BCUT2D eigenvalue weighted by Crippen LogP contribution is 2.24. The van der Waals surface area contributed by atoms with Crippen LogP contribution in [0.3, 0.4) is 0 Å². The molecule has 0 aliphatic rings. The van der Waals surface area contributed by atoms with Crippen molar-refractivity contribution >= 4 is 34.9 Å². The molecule has 0 saturated heterocycles. The highest BCUT2D eigenvalue weighted by atomic mass is 16.4. The summed E-state index contributed by atoms with van der Waals surface area (Å²) in [6.45, 7) is 5.76. The van der Waals surface area contributed by atoms with Gasteiger partial charge in [0.2, 0.25) is 0 Å². The molecule has 0 unspecified atom stereocenters. The van der Waals surface area contributed by atoms with Gasteiger partial charge in [-0.15, -0.1) is 0 Å². The fraction of sp³-hybridized carbons (Fsp3) is 0.222. The number of carboxylic acid groups (broad SMARTS) is 1. The highest BCUT2D eigenvalue weighted by molar-refractivity contribution is 6.01. The quantitative estimate of drug-likeness (QED) is 0.629. The van der Waals surface area contributed by atoms with E-state index in [-0.39, 0.29) is 0 Å². The van der Waals surface area contributed by atoms with Crippen molar-refractivity contribution in [2.75, 3.05) is 27.8 Å². The SMILES string of the molecule is CCN(C(=O)O)c1ccc(C)c(NC(=O)Nc2cc(N)ccc2C)c1. The summed E-state index contributed by atoms with van der Waals surface area (Å²) >= 11 is 0. The Morgan fingerprint density at radius 1 is 1.04 bits per heavy atom. The van der Waals surface area contributed by atoms with E-state index < -0.39 is 12.1 Å². The summed E-state index contributed by atoms with van der Waals surface area (Å²) in [6.07, 6.45) is -1.04. The Morgan fingerprint density at radius 2 is 1.60 bits per heavy atom. The Labute approximate surface area is 146 Å². The number of nitrogens with zero attached hydrogens (tertiary/aromatic N) is 1. The summed E-state index contributed by atoms with van der Waals surface area (Å²) in [7, 11) is 0. The van der Waals surface area contributed by atoms with Gasteiger partial charge in [0.25, 0.3) is 0 Å². The minimum atomic E-state index is -1.04. The first-order valence-electron chi connectivity index (χ1n) is 7.87. The number of carbonyl (C=O) groups is 2. The van der Waals surface area contributed by atoms with Crippen molar-refractivity contribution in [3.05, 3.63) is 47.5 Å². The van der Waals surface area contributed by atoms with Crippen molar-refractivity contribution in [3.63, 3.8) is 0 Å². The van der Waals surface area contributed by atoms with Gasteiger partial charge in [-0.3, -0.25) is 4.90 Å². The summed E-state index contributed by atoms with van der Waals surface area (Å²) in [4.78, 5) is 24.8. The fourth-order valence-corrected chi connectivity index (χ4v) is 2.39. The Kier molecular flexibility index (Phi) is 5.49. The van der Waals surface area contributed by atoms with Crippen molar-refractivity contribution in [1.82, 2.24) is 0 Å². The van der Waals surface area contributed by atoms with Crippen LogP contribution < -0.4 is 21.3 Å².